The Morgan fingerprint density at radius 1 is 1.17 bits per heavy atom. The highest BCUT2D eigenvalue weighted by atomic mass is 32.1. The first-order valence-corrected chi connectivity index (χ1v) is 10.6. The van der Waals surface area contributed by atoms with Crippen molar-refractivity contribution in [2.45, 2.75) is 33.2 Å². The van der Waals surface area contributed by atoms with Crippen molar-refractivity contribution in [2.75, 3.05) is 11.9 Å². The fraction of sp³-hybridized carbons (Fsp3) is 0.261. The first-order valence-electron chi connectivity index (χ1n) is 9.71. The maximum Gasteiger partial charge on any atom is 0.257 e. The van der Waals surface area contributed by atoms with Crippen LogP contribution in [0.4, 0.5) is 5.13 Å². The van der Waals surface area contributed by atoms with Crippen LogP contribution in [-0.4, -0.2) is 28.2 Å². The second-order valence-corrected chi connectivity index (χ2v) is 8.27. The van der Waals surface area contributed by atoms with Crippen molar-refractivity contribution in [2.24, 2.45) is 0 Å². The zero-order valence-corrected chi connectivity index (χ0v) is 17.4. The van der Waals surface area contributed by atoms with Gasteiger partial charge in [0.25, 0.3) is 5.91 Å². The zero-order chi connectivity index (χ0) is 20.4. The van der Waals surface area contributed by atoms with Crippen molar-refractivity contribution in [3.63, 3.8) is 0 Å². The molecule has 5 nitrogen and oxygen atoms in total. The third kappa shape index (κ3) is 4.38. The number of rotatable bonds is 5. The molecular formula is C23H23N3O2S. The highest BCUT2D eigenvalue weighted by Crippen LogP contribution is 2.27. The molecule has 0 atom stereocenters. The molecule has 2 heterocycles. The minimum atomic E-state index is -0.194. The van der Waals surface area contributed by atoms with Crippen LogP contribution in [0.1, 0.15) is 39.9 Å². The number of aryl methyl sites for hydroxylation is 2. The summed E-state index contributed by atoms with van der Waals surface area (Å²) in [4.78, 5) is 30.9. The van der Waals surface area contributed by atoms with Gasteiger partial charge in [0.1, 0.15) is 0 Å². The molecule has 0 saturated carbocycles. The lowest BCUT2D eigenvalue weighted by atomic mass is 10.1. The minimum Gasteiger partial charge on any atom is -0.338 e. The Hall–Kier alpha value is -2.99. The Balaban J connectivity index is 1.45. The normalized spacial score (nSPS) is 13.7. The van der Waals surface area contributed by atoms with Crippen LogP contribution in [0, 0.1) is 13.8 Å². The van der Waals surface area contributed by atoms with Crippen LogP contribution in [0.2, 0.25) is 0 Å². The van der Waals surface area contributed by atoms with Crippen molar-refractivity contribution in [3.05, 3.63) is 70.1 Å². The number of hydrogen-bond acceptors (Lipinski definition) is 4. The molecule has 2 amide bonds. The molecule has 1 aromatic heterocycles. The molecule has 148 valence electrons. The summed E-state index contributed by atoms with van der Waals surface area (Å²) in [6, 6.07) is 13.7. The largest absolute Gasteiger partial charge is 0.338 e. The summed E-state index contributed by atoms with van der Waals surface area (Å²) in [5.74, 6) is -0.0119. The number of anilines is 1. The number of likely N-dealkylation sites (tertiary alicyclic amines) is 1. The Morgan fingerprint density at radius 2 is 2.03 bits per heavy atom. The summed E-state index contributed by atoms with van der Waals surface area (Å²) < 4.78 is 0. The molecular weight excluding hydrogens is 382 g/mol. The first kappa shape index (κ1) is 19.3. The van der Waals surface area contributed by atoms with Crippen LogP contribution in [0.3, 0.4) is 0 Å². The molecule has 3 aromatic rings. The van der Waals surface area contributed by atoms with Crippen molar-refractivity contribution >= 4 is 28.3 Å². The third-order valence-electron chi connectivity index (χ3n) is 5.26. The Morgan fingerprint density at radius 3 is 2.79 bits per heavy atom. The first-order chi connectivity index (χ1) is 14.0. The molecule has 1 saturated heterocycles. The van der Waals surface area contributed by atoms with E-state index in [1.165, 1.54) is 22.5 Å². The second-order valence-electron chi connectivity index (χ2n) is 7.41. The molecule has 0 bridgehead atoms. The summed E-state index contributed by atoms with van der Waals surface area (Å²) in [6.45, 7) is 5.50. The lowest BCUT2D eigenvalue weighted by Gasteiger charge is -2.15. The number of nitrogens with zero attached hydrogens (tertiary/aromatic N) is 2. The molecule has 0 radical (unpaired) electrons. The quantitative estimate of drug-likeness (QED) is 0.663. The molecule has 1 fully saturated rings. The summed E-state index contributed by atoms with van der Waals surface area (Å²) in [5, 5.41) is 5.42. The third-order valence-corrected chi connectivity index (χ3v) is 6.02. The SMILES string of the molecule is Cc1ccc(-c2csc(NC(=O)c3cccc(CN4CCCC4=O)c3)n2)cc1C. The van der Waals surface area contributed by atoms with E-state index in [0.29, 0.717) is 23.7 Å². The van der Waals surface area contributed by atoms with E-state index in [2.05, 4.69) is 36.3 Å². The predicted octanol–water partition coefficient (Wildman–Crippen LogP) is 4.80. The van der Waals surface area contributed by atoms with Gasteiger partial charge in [0.15, 0.2) is 5.13 Å². The van der Waals surface area contributed by atoms with Gasteiger partial charge in [0.05, 0.1) is 5.69 Å². The minimum absolute atomic E-state index is 0.182. The monoisotopic (exact) mass is 405 g/mol. The molecule has 2 aromatic carbocycles. The number of nitrogens with one attached hydrogen (secondary N) is 1. The van der Waals surface area contributed by atoms with Gasteiger partial charge in [-0.1, -0.05) is 24.3 Å². The molecule has 6 heteroatoms. The number of carbonyl (C=O) groups excluding carboxylic acids is 2. The molecule has 29 heavy (non-hydrogen) atoms. The van der Waals surface area contributed by atoms with E-state index in [-0.39, 0.29) is 11.8 Å². The maximum atomic E-state index is 12.7. The van der Waals surface area contributed by atoms with Crippen LogP contribution < -0.4 is 5.32 Å². The zero-order valence-electron chi connectivity index (χ0n) is 16.6. The van der Waals surface area contributed by atoms with Gasteiger partial charge in [-0.25, -0.2) is 4.98 Å². The summed E-state index contributed by atoms with van der Waals surface area (Å²) >= 11 is 1.41. The van der Waals surface area contributed by atoms with Crippen LogP contribution >= 0.6 is 11.3 Å². The predicted molar refractivity (Wildman–Crippen MR) is 116 cm³/mol. The number of amides is 2. The average molecular weight is 406 g/mol. The smallest absolute Gasteiger partial charge is 0.257 e. The van der Waals surface area contributed by atoms with Gasteiger partial charge in [-0.05, 0) is 55.2 Å². The van der Waals surface area contributed by atoms with Gasteiger partial charge in [0.2, 0.25) is 5.91 Å². The van der Waals surface area contributed by atoms with Crippen molar-refractivity contribution in [1.29, 1.82) is 0 Å². The van der Waals surface area contributed by atoms with Gasteiger partial charge in [-0.2, -0.15) is 0 Å². The standard InChI is InChI=1S/C23H23N3O2S/c1-15-8-9-18(11-16(15)2)20-14-29-23(24-20)25-22(28)19-6-3-5-17(12-19)13-26-10-4-7-21(26)27/h3,5-6,8-9,11-12,14H,4,7,10,13H2,1-2H3,(H,24,25,28). The van der Waals surface area contributed by atoms with E-state index in [0.717, 1.165) is 29.8 Å². The summed E-state index contributed by atoms with van der Waals surface area (Å²) in [5.41, 5.74) is 5.89. The Labute approximate surface area is 174 Å². The Kier molecular flexibility index (Phi) is 5.45. The number of thiazole rings is 1. The fourth-order valence-corrected chi connectivity index (χ4v) is 4.15. The average Bonchev–Trinajstić information content (AvgIpc) is 3.33. The van der Waals surface area contributed by atoms with Gasteiger partial charge in [-0.15, -0.1) is 11.3 Å². The van der Waals surface area contributed by atoms with Gasteiger partial charge < -0.3 is 4.90 Å². The van der Waals surface area contributed by atoms with E-state index < -0.39 is 0 Å². The van der Waals surface area contributed by atoms with Gasteiger partial charge in [0, 0.05) is 36.0 Å². The second kappa shape index (κ2) is 8.17. The lowest BCUT2D eigenvalue weighted by molar-refractivity contribution is -0.128. The van der Waals surface area contributed by atoms with E-state index in [1.807, 2.05) is 34.5 Å². The number of carbonyl (C=O) groups is 2. The molecule has 0 aliphatic carbocycles. The van der Waals surface area contributed by atoms with Crippen molar-refractivity contribution < 1.29 is 9.59 Å². The van der Waals surface area contributed by atoms with Crippen LogP contribution in [-0.2, 0) is 11.3 Å². The van der Waals surface area contributed by atoms with Crippen LogP contribution in [0.5, 0.6) is 0 Å². The van der Waals surface area contributed by atoms with Crippen molar-refractivity contribution in [1.82, 2.24) is 9.88 Å². The summed E-state index contributed by atoms with van der Waals surface area (Å²) in [6.07, 6.45) is 1.53. The summed E-state index contributed by atoms with van der Waals surface area (Å²) in [7, 11) is 0. The van der Waals surface area contributed by atoms with E-state index in [1.54, 1.807) is 6.07 Å². The highest BCUT2D eigenvalue weighted by Gasteiger charge is 2.20. The van der Waals surface area contributed by atoms with Crippen LogP contribution in [0.25, 0.3) is 11.3 Å². The number of hydrogen-bond donors (Lipinski definition) is 1. The molecule has 0 unspecified atom stereocenters. The topological polar surface area (TPSA) is 62.3 Å². The molecule has 0 spiro atoms. The fourth-order valence-electron chi connectivity index (χ4n) is 3.44. The van der Waals surface area contributed by atoms with E-state index in [4.69, 9.17) is 0 Å². The van der Waals surface area contributed by atoms with Gasteiger partial charge >= 0.3 is 0 Å². The number of aromatic nitrogens is 1. The molecule has 4 rings (SSSR count). The Bertz CT molecular complexity index is 1070. The van der Waals surface area contributed by atoms with E-state index in [9.17, 15) is 9.59 Å². The van der Waals surface area contributed by atoms with Crippen molar-refractivity contribution in [3.8, 4) is 11.3 Å². The lowest BCUT2D eigenvalue weighted by Crippen LogP contribution is -2.24. The highest BCUT2D eigenvalue weighted by molar-refractivity contribution is 7.14. The van der Waals surface area contributed by atoms with E-state index >= 15 is 0 Å². The van der Waals surface area contributed by atoms with Gasteiger partial charge in [-0.3, -0.25) is 14.9 Å². The maximum absolute atomic E-state index is 12.7. The molecule has 1 N–H and O–H groups in total. The van der Waals surface area contributed by atoms with Crippen LogP contribution in [0.15, 0.2) is 47.8 Å². The number of benzene rings is 2. The molecule has 1 aliphatic heterocycles. The molecule has 1 aliphatic rings.